The van der Waals surface area contributed by atoms with E-state index in [1.165, 1.54) is 0 Å². The molecule has 0 bridgehead atoms. The van der Waals surface area contributed by atoms with Crippen molar-refractivity contribution in [3.63, 3.8) is 0 Å². The van der Waals surface area contributed by atoms with Crippen molar-refractivity contribution in [1.82, 2.24) is 0 Å². The van der Waals surface area contributed by atoms with Crippen molar-refractivity contribution >= 4 is 20.0 Å². The summed E-state index contributed by atoms with van der Waals surface area (Å²) in [4.78, 5) is 23.6. The van der Waals surface area contributed by atoms with Crippen LogP contribution in [0.3, 0.4) is 0 Å². The highest BCUT2D eigenvalue weighted by atomic mass is 28.3. The standard InChI is InChI=1S/C16H28O4Si/c1-5-12(21(2,3)4)14(16(19)20)13(15(17)18)11-9-7-6-8-10-11/h11-12H,5-10H2,1-4H3,(H,17,18)(H,19,20)/b14-13+. The molecule has 0 radical (unpaired) electrons. The largest absolute Gasteiger partial charge is 0.478 e. The van der Waals surface area contributed by atoms with Gasteiger partial charge in [0, 0.05) is 5.57 Å². The minimum absolute atomic E-state index is 0.0900. The average molecular weight is 312 g/mol. The van der Waals surface area contributed by atoms with E-state index in [1.54, 1.807) is 0 Å². The van der Waals surface area contributed by atoms with Crippen molar-refractivity contribution in [3.8, 4) is 0 Å². The first-order valence-corrected chi connectivity index (χ1v) is 11.5. The van der Waals surface area contributed by atoms with Gasteiger partial charge in [-0.15, -0.1) is 0 Å². The Morgan fingerprint density at radius 3 is 1.90 bits per heavy atom. The maximum Gasteiger partial charge on any atom is 0.332 e. The molecule has 0 aromatic carbocycles. The summed E-state index contributed by atoms with van der Waals surface area (Å²) in [5.74, 6) is -2.16. The van der Waals surface area contributed by atoms with Crippen LogP contribution in [0.5, 0.6) is 0 Å². The lowest BCUT2D eigenvalue weighted by molar-refractivity contribution is -0.136. The van der Waals surface area contributed by atoms with Gasteiger partial charge in [-0.05, 0) is 24.3 Å². The van der Waals surface area contributed by atoms with E-state index >= 15 is 0 Å². The molecule has 0 saturated heterocycles. The van der Waals surface area contributed by atoms with Crippen molar-refractivity contribution in [2.45, 2.75) is 70.6 Å². The Kier molecular flexibility index (Phi) is 6.19. The third-order valence-corrected chi connectivity index (χ3v) is 7.35. The second-order valence-electron chi connectivity index (χ2n) is 7.10. The monoisotopic (exact) mass is 312 g/mol. The molecule has 4 nitrogen and oxygen atoms in total. The predicted octanol–water partition coefficient (Wildman–Crippen LogP) is 4.15. The molecule has 5 heteroatoms. The molecular formula is C16H28O4Si. The molecule has 21 heavy (non-hydrogen) atoms. The van der Waals surface area contributed by atoms with Gasteiger partial charge in [0.1, 0.15) is 0 Å². The number of hydrogen-bond donors (Lipinski definition) is 2. The van der Waals surface area contributed by atoms with Gasteiger partial charge in [0.05, 0.1) is 13.6 Å². The number of carbonyl (C=O) groups is 2. The molecule has 1 saturated carbocycles. The number of aliphatic carboxylic acids is 2. The van der Waals surface area contributed by atoms with Crippen LogP contribution in [0.4, 0.5) is 0 Å². The number of carboxylic acids is 2. The van der Waals surface area contributed by atoms with E-state index in [-0.39, 0.29) is 22.6 Å². The zero-order chi connectivity index (χ0) is 16.2. The summed E-state index contributed by atoms with van der Waals surface area (Å²) in [6, 6.07) is 0. The summed E-state index contributed by atoms with van der Waals surface area (Å²) in [7, 11) is -1.79. The van der Waals surface area contributed by atoms with Crippen LogP contribution >= 0.6 is 0 Å². The first kappa shape index (κ1) is 17.9. The lowest BCUT2D eigenvalue weighted by atomic mass is 9.81. The van der Waals surface area contributed by atoms with E-state index in [1.807, 2.05) is 6.92 Å². The van der Waals surface area contributed by atoms with Crippen LogP contribution in [0.1, 0.15) is 45.4 Å². The van der Waals surface area contributed by atoms with Crippen molar-refractivity contribution in [2.75, 3.05) is 0 Å². The molecule has 1 fully saturated rings. The lowest BCUT2D eigenvalue weighted by Crippen LogP contribution is -2.34. The summed E-state index contributed by atoms with van der Waals surface area (Å²) < 4.78 is 0. The van der Waals surface area contributed by atoms with Gasteiger partial charge >= 0.3 is 11.9 Å². The number of hydrogen-bond acceptors (Lipinski definition) is 2. The Morgan fingerprint density at radius 1 is 1.05 bits per heavy atom. The second kappa shape index (κ2) is 7.25. The molecule has 0 spiro atoms. The molecule has 2 N–H and O–H groups in total. The van der Waals surface area contributed by atoms with Gasteiger partial charge in [0.2, 0.25) is 0 Å². The normalized spacial score (nSPS) is 19.8. The third kappa shape index (κ3) is 4.43. The highest BCUT2D eigenvalue weighted by molar-refractivity contribution is 6.78. The molecule has 0 heterocycles. The zero-order valence-corrected chi connectivity index (χ0v) is 14.6. The molecule has 0 aliphatic heterocycles. The summed E-state index contributed by atoms with van der Waals surface area (Å²) in [5, 5.41) is 19.3. The molecule has 1 aliphatic carbocycles. The summed E-state index contributed by atoms with van der Waals surface area (Å²) in [6.45, 7) is 8.31. The van der Waals surface area contributed by atoms with Crippen LogP contribution in [0.2, 0.25) is 25.2 Å². The van der Waals surface area contributed by atoms with Gasteiger partial charge in [-0.2, -0.15) is 0 Å². The quantitative estimate of drug-likeness (QED) is 0.570. The van der Waals surface area contributed by atoms with E-state index in [0.717, 1.165) is 32.1 Å². The number of rotatable bonds is 6. The Balaban J connectivity index is 3.40. The van der Waals surface area contributed by atoms with E-state index in [2.05, 4.69) is 19.6 Å². The van der Waals surface area contributed by atoms with E-state index < -0.39 is 20.0 Å². The molecule has 1 unspecified atom stereocenters. The fourth-order valence-electron chi connectivity index (χ4n) is 3.60. The molecule has 1 aliphatic rings. The minimum atomic E-state index is -1.79. The Morgan fingerprint density at radius 2 is 1.57 bits per heavy atom. The van der Waals surface area contributed by atoms with Gasteiger partial charge in [-0.3, -0.25) is 0 Å². The molecule has 0 amide bonds. The SMILES string of the molecule is CCC(/C(C(=O)O)=C(\C(=O)O)C1CCCCC1)[Si](C)(C)C. The van der Waals surface area contributed by atoms with Crippen LogP contribution in [-0.2, 0) is 9.59 Å². The first-order chi connectivity index (χ1) is 9.70. The second-order valence-corrected chi connectivity index (χ2v) is 12.5. The fourth-order valence-corrected chi connectivity index (χ4v) is 5.97. The summed E-state index contributed by atoms with van der Waals surface area (Å²) in [5.41, 5.74) is 0.274. The summed E-state index contributed by atoms with van der Waals surface area (Å²) >= 11 is 0. The lowest BCUT2D eigenvalue weighted by Gasteiger charge is -2.32. The maximum absolute atomic E-state index is 11.8. The number of carboxylic acid groups (broad SMARTS) is 2. The average Bonchev–Trinajstić information content (AvgIpc) is 2.37. The molecule has 0 aromatic heterocycles. The molecular weight excluding hydrogens is 284 g/mol. The zero-order valence-electron chi connectivity index (χ0n) is 13.6. The first-order valence-electron chi connectivity index (χ1n) is 7.90. The van der Waals surface area contributed by atoms with Gasteiger partial charge in [0.25, 0.3) is 0 Å². The van der Waals surface area contributed by atoms with Crippen LogP contribution in [0, 0.1) is 5.92 Å². The Bertz CT molecular complexity index is 428. The molecule has 0 aromatic rings. The minimum Gasteiger partial charge on any atom is -0.478 e. The highest BCUT2D eigenvalue weighted by Crippen LogP contribution is 2.40. The van der Waals surface area contributed by atoms with Gasteiger partial charge in [-0.25, -0.2) is 9.59 Å². The summed E-state index contributed by atoms with van der Waals surface area (Å²) in [6.07, 6.45) is 5.43. The molecule has 1 rings (SSSR count). The third-order valence-electron chi connectivity index (χ3n) is 4.57. The smallest absolute Gasteiger partial charge is 0.332 e. The maximum atomic E-state index is 11.8. The van der Waals surface area contributed by atoms with Crippen molar-refractivity contribution in [3.05, 3.63) is 11.1 Å². The van der Waals surface area contributed by atoms with Crippen LogP contribution in [0.15, 0.2) is 11.1 Å². The van der Waals surface area contributed by atoms with Gasteiger partial charge in [-0.1, -0.05) is 52.2 Å². The topological polar surface area (TPSA) is 74.6 Å². The van der Waals surface area contributed by atoms with Crippen LogP contribution in [-0.4, -0.2) is 30.2 Å². The predicted molar refractivity (Wildman–Crippen MR) is 86.3 cm³/mol. The van der Waals surface area contributed by atoms with E-state index in [9.17, 15) is 19.8 Å². The molecule has 120 valence electrons. The van der Waals surface area contributed by atoms with Gasteiger partial charge in [0.15, 0.2) is 0 Å². The van der Waals surface area contributed by atoms with Crippen molar-refractivity contribution in [1.29, 1.82) is 0 Å². The van der Waals surface area contributed by atoms with Crippen LogP contribution in [0.25, 0.3) is 0 Å². The Labute approximate surface area is 128 Å². The Hall–Kier alpha value is -1.10. The van der Waals surface area contributed by atoms with Crippen molar-refractivity contribution < 1.29 is 19.8 Å². The van der Waals surface area contributed by atoms with Gasteiger partial charge < -0.3 is 10.2 Å². The highest BCUT2D eigenvalue weighted by Gasteiger charge is 2.38. The molecule has 1 atom stereocenters. The fraction of sp³-hybridized carbons (Fsp3) is 0.750. The van der Waals surface area contributed by atoms with Crippen molar-refractivity contribution in [2.24, 2.45) is 5.92 Å². The van der Waals surface area contributed by atoms with E-state index in [0.29, 0.717) is 6.42 Å². The van der Waals surface area contributed by atoms with E-state index in [4.69, 9.17) is 0 Å². The van der Waals surface area contributed by atoms with Crippen LogP contribution < -0.4 is 0 Å².